The molecular formula is C16H29NO3S. The van der Waals surface area contributed by atoms with Crippen LogP contribution in [0, 0.1) is 17.3 Å². The molecule has 21 heavy (non-hydrogen) atoms. The van der Waals surface area contributed by atoms with Crippen molar-refractivity contribution < 1.29 is 14.7 Å². The van der Waals surface area contributed by atoms with Gasteiger partial charge in [0.05, 0.1) is 6.54 Å². The van der Waals surface area contributed by atoms with E-state index in [0.717, 1.165) is 18.6 Å². The van der Waals surface area contributed by atoms with Crippen LogP contribution in [-0.4, -0.2) is 41.5 Å². The largest absolute Gasteiger partial charge is 0.480 e. The van der Waals surface area contributed by atoms with Gasteiger partial charge >= 0.3 is 5.97 Å². The highest BCUT2D eigenvalue weighted by Crippen LogP contribution is 2.39. The van der Waals surface area contributed by atoms with Gasteiger partial charge in [0.2, 0.25) is 0 Å². The summed E-state index contributed by atoms with van der Waals surface area (Å²) in [5.41, 5.74) is -0.282. The molecule has 0 heterocycles. The minimum atomic E-state index is -0.811. The summed E-state index contributed by atoms with van der Waals surface area (Å²) in [7, 11) is 0. The molecule has 0 radical (unpaired) electrons. The molecule has 0 aromatic carbocycles. The van der Waals surface area contributed by atoms with Gasteiger partial charge in [-0.2, -0.15) is 11.8 Å². The average molecular weight is 315 g/mol. The fourth-order valence-electron chi connectivity index (χ4n) is 2.92. The molecule has 2 unspecified atom stereocenters. The van der Waals surface area contributed by atoms with Crippen molar-refractivity contribution >= 4 is 24.0 Å². The Hall–Kier alpha value is -0.550. The van der Waals surface area contributed by atoms with Gasteiger partial charge in [-0.15, -0.1) is 0 Å². The van der Waals surface area contributed by atoms with E-state index < -0.39 is 5.97 Å². The van der Waals surface area contributed by atoms with Crippen LogP contribution in [0.5, 0.6) is 0 Å². The second-order valence-electron chi connectivity index (χ2n) is 6.93. The van der Waals surface area contributed by atoms with Crippen LogP contribution in [0.1, 0.15) is 46.5 Å². The number of aldehydes is 1. The summed E-state index contributed by atoms with van der Waals surface area (Å²) in [6.07, 6.45) is 6.17. The summed E-state index contributed by atoms with van der Waals surface area (Å²) in [4.78, 5) is 21.7. The number of hydrogen-bond acceptors (Lipinski definition) is 4. The van der Waals surface area contributed by atoms with Gasteiger partial charge in [0, 0.05) is 16.4 Å². The molecule has 0 amide bonds. The van der Waals surface area contributed by atoms with Crippen LogP contribution in [0.15, 0.2) is 0 Å². The van der Waals surface area contributed by atoms with E-state index in [1.54, 1.807) is 0 Å². The molecule has 2 atom stereocenters. The first-order chi connectivity index (χ1) is 9.85. The monoisotopic (exact) mass is 315 g/mol. The Balaban J connectivity index is 2.54. The maximum absolute atomic E-state index is 11.1. The second kappa shape index (κ2) is 8.79. The smallest absolute Gasteiger partial charge is 0.317 e. The van der Waals surface area contributed by atoms with E-state index in [1.165, 1.54) is 25.7 Å². The first kappa shape index (κ1) is 18.5. The van der Waals surface area contributed by atoms with E-state index in [0.29, 0.717) is 17.1 Å². The highest BCUT2D eigenvalue weighted by atomic mass is 32.2. The first-order valence-corrected chi connectivity index (χ1v) is 8.91. The van der Waals surface area contributed by atoms with Crippen molar-refractivity contribution in [3.8, 4) is 0 Å². The molecule has 1 fully saturated rings. The van der Waals surface area contributed by atoms with Gasteiger partial charge in [-0.05, 0) is 31.2 Å². The predicted octanol–water partition coefficient (Wildman–Crippen LogP) is 2.81. The third kappa shape index (κ3) is 6.83. The summed E-state index contributed by atoms with van der Waals surface area (Å²) >= 11 is 1.90. The van der Waals surface area contributed by atoms with Crippen molar-refractivity contribution in [3.05, 3.63) is 0 Å². The number of nitrogens with one attached hydrogen (secondary N) is 1. The van der Waals surface area contributed by atoms with Crippen LogP contribution in [0.25, 0.3) is 0 Å². The van der Waals surface area contributed by atoms with E-state index in [1.807, 2.05) is 25.6 Å². The molecule has 0 spiro atoms. The molecule has 0 bridgehead atoms. The summed E-state index contributed by atoms with van der Waals surface area (Å²) in [5, 5.41) is 12.2. The molecule has 1 rings (SSSR count). The standard InChI is InChI=1S/C16H29NO3S/c1-12(8-17-9-14(19)20)15(13-6-4-5-7-13)21-11-16(2,3)10-18/h10,12-13,15,17H,4-9,11H2,1-3H3,(H,19,20). The average Bonchev–Trinajstić information content (AvgIpc) is 2.92. The molecule has 2 N–H and O–H groups in total. The van der Waals surface area contributed by atoms with Gasteiger partial charge in [-0.1, -0.05) is 33.6 Å². The van der Waals surface area contributed by atoms with Crippen molar-refractivity contribution in [2.24, 2.45) is 17.3 Å². The SMILES string of the molecule is CC(CNCC(=O)O)C(SCC(C)(C)C=O)C1CCCC1. The van der Waals surface area contributed by atoms with E-state index in [4.69, 9.17) is 5.11 Å². The van der Waals surface area contributed by atoms with Gasteiger partial charge < -0.3 is 15.2 Å². The highest BCUT2D eigenvalue weighted by Gasteiger charge is 2.31. The van der Waals surface area contributed by atoms with E-state index >= 15 is 0 Å². The maximum Gasteiger partial charge on any atom is 0.317 e. The van der Waals surface area contributed by atoms with Crippen LogP contribution in [0.4, 0.5) is 0 Å². The Kier molecular flexibility index (Phi) is 7.74. The van der Waals surface area contributed by atoms with Crippen LogP contribution >= 0.6 is 11.8 Å². The molecule has 0 aliphatic heterocycles. The Labute approximate surface area is 132 Å². The lowest BCUT2D eigenvalue weighted by Crippen LogP contribution is -2.35. The van der Waals surface area contributed by atoms with Crippen LogP contribution < -0.4 is 5.32 Å². The number of aliphatic carboxylic acids is 1. The fraction of sp³-hybridized carbons (Fsp3) is 0.875. The van der Waals surface area contributed by atoms with Crippen LogP contribution in [0.2, 0.25) is 0 Å². The molecule has 1 saturated carbocycles. The lowest BCUT2D eigenvalue weighted by molar-refractivity contribution is -0.136. The van der Waals surface area contributed by atoms with E-state index in [2.05, 4.69) is 12.2 Å². The third-order valence-corrected chi connectivity index (χ3v) is 6.28. The van der Waals surface area contributed by atoms with Gasteiger partial charge in [-0.25, -0.2) is 0 Å². The second-order valence-corrected chi connectivity index (χ2v) is 8.09. The normalized spacial score (nSPS) is 19.4. The molecule has 5 heteroatoms. The molecule has 0 saturated heterocycles. The van der Waals surface area contributed by atoms with Gasteiger partial charge in [0.1, 0.15) is 6.29 Å². The van der Waals surface area contributed by atoms with Crippen molar-refractivity contribution in [2.75, 3.05) is 18.8 Å². The number of carboxylic acids is 1. The van der Waals surface area contributed by atoms with Gasteiger partial charge in [-0.3, -0.25) is 4.79 Å². The number of carboxylic acid groups (broad SMARTS) is 1. The maximum atomic E-state index is 11.1. The summed E-state index contributed by atoms with van der Waals surface area (Å²) in [5.74, 6) is 1.15. The summed E-state index contributed by atoms with van der Waals surface area (Å²) < 4.78 is 0. The van der Waals surface area contributed by atoms with E-state index in [-0.39, 0.29) is 12.0 Å². The lowest BCUT2D eigenvalue weighted by Gasteiger charge is -2.31. The van der Waals surface area contributed by atoms with Crippen molar-refractivity contribution in [1.82, 2.24) is 5.32 Å². The van der Waals surface area contributed by atoms with Crippen molar-refractivity contribution in [2.45, 2.75) is 51.7 Å². The first-order valence-electron chi connectivity index (χ1n) is 7.86. The van der Waals surface area contributed by atoms with Crippen molar-refractivity contribution in [3.63, 3.8) is 0 Å². The molecule has 1 aliphatic carbocycles. The minimum absolute atomic E-state index is 0.0201. The molecule has 1 aliphatic rings. The molecule has 4 nitrogen and oxygen atoms in total. The predicted molar refractivity (Wildman–Crippen MR) is 87.7 cm³/mol. The molecule has 122 valence electrons. The fourth-order valence-corrected chi connectivity index (χ4v) is 4.58. The minimum Gasteiger partial charge on any atom is -0.480 e. The molecular weight excluding hydrogens is 286 g/mol. The quantitative estimate of drug-likeness (QED) is 0.607. The topological polar surface area (TPSA) is 66.4 Å². The lowest BCUT2D eigenvalue weighted by atomic mass is 9.93. The number of carbonyl (C=O) groups is 2. The molecule has 0 aromatic rings. The van der Waals surface area contributed by atoms with Crippen LogP contribution in [-0.2, 0) is 9.59 Å². The Morgan fingerprint density at radius 2 is 2.05 bits per heavy atom. The van der Waals surface area contributed by atoms with Gasteiger partial charge in [0.25, 0.3) is 0 Å². The third-order valence-electron chi connectivity index (χ3n) is 4.13. The zero-order valence-electron chi connectivity index (χ0n) is 13.4. The Morgan fingerprint density at radius 1 is 1.43 bits per heavy atom. The number of carbonyl (C=O) groups excluding carboxylic acids is 1. The van der Waals surface area contributed by atoms with E-state index in [9.17, 15) is 9.59 Å². The highest BCUT2D eigenvalue weighted by molar-refractivity contribution is 8.00. The number of thioether (sulfide) groups is 1. The Morgan fingerprint density at radius 3 is 2.57 bits per heavy atom. The molecule has 0 aromatic heterocycles. The summed E-state index contributed by atoms with van der Waals surface area (Å²) in [6, 6.07) is 0. The van der Waals surface area contributed by atoms with Crippen molar-refractivity contribution in [1.29, 1.82) is 0 Å². The van der Waals surface area contributed by atoms with Crippen LogP contribution in [0.3, 0.4) is 0 Å². The zero-order chi connectivity index (χ0) is 15.9. The zero-order valence-corrected chi connectivity index (χ0v) is 14.2. The van der Waals surface area contributed by atoms with Gasteiger partial charge in [0.15, 0.2) is 0 Å². The number of hydrogen-bond donors (Lipinski definition) is 2. The number of rotatable bonds is 10. The Bertz CT molecular complexity index is 340. The summed E-state index contributed by atoms with van der Waals surface area (Å²) in [6.45, 7) is 6.89.